The van der Waals surface area contributed by atoms with Gasteiger partial charge in [-0.2, -0.15) is 0 Å². The summed E-state index contributed by atoms with van der Waals surface area (Å²) in [4.78, 5) is 0. The van der Waals surface area contributed by atoms with Crippen molar-refractivity contribution in [3.05, 3.63) is 7.05 Å². The van der Waals surface area contributed by atoms with Crippen LogP contribution >= 0.6 is 0 Å². The Morgan fingerprint density at radius 3 is 2.57 bits per heavy atom. The summed E-state index contributed by atoms with van der Waals surface area (Å²) >= 11 is -0.668. The van der Waals surface area contributed by atoms with Gasteiger partial charge in [0.15, 0.2) is 0 Å². The second-order valence-electron chi connectivity index (χ2n) is 1.28. The predicted molar refractivity (Wildman–Crippen MR) is 32.3 cm³/mol. The minimum Gasteiger partial charge on any atom is -0.617 e. The predicted octanol–water partition coefficient (Wildman–Crippen LogP) is -0.254. The summed E-state index contributed by atoms with van der Waals surface area (Å²) in [6.45, 7) is 0.739. The maximum atomic E-state index is 10.2. The average molecular weight is 120 g/mol. The lowest BCUT2D eigenvalue weighted by Gasteiger charge is -2.01. The lowest BCUT2D eigenvalue weighted by Crippen LogP contribution is -2.16. The molecule has 0 bridgehead atoms. The molecule has 0 aromatic carbocycles. The number of rotatable bonds is 3. The molecule has 43 valence electrons. The molecule has 0 aliphatic heterocycles. The Kier molecular flexibility index (Phi) is 4.60. The molecule has 1 N–H and O–H groups in total. The first-order valence-corrected chi connectivity index (χ1v) is 3.80. The van der Waals surface area contributed by atoms with Crippen LogP contribution in [-0.2, 0) is 11.2 Å². The van der Waals surface area contributed by atoms with E-state index in [-0.39, 0.29) is 0 Å². The normalized spacial score (nSPS) is 14.1. The van der Waals surface area contributed by atoms with Crippen molar-refractivity contribution in [3.63, 3.8) is 0 Å². The molecule has 1 atom stereocenters. The molecule has 0 saturated carbocycles. The third-order valence-electron chi connectivity index (χ3n) is 0.566. The third-order valence-corrected chi connectivity index (χ3v) is 1.35. The van der Waals surface area contributed by atoms with Gasteiger partial charge in [-0.05, 0) is 0 Å². The molecule has 0 aliphatic carbocycles. The van der Waals surface area contributed by atoms with E-state index >= 15 is 0 Å². The molecule has 1 radical (unpaired) electrons. The minimum atomic E-state index is -0.668. The Balaban J connectivity index is 2.68. The average Bonchev–Trinajstić information content (AvgIpc) is 1.61. The van der Waals surface area contributed by atoms with Crippen LogP contribution in [0.15, 0.2) is 0 Å². The van der Waals surface area contributed by atoms with E-state index in [1.54, 1.807) is 6.26 Å². The van der Waals surface area contributed by atoms with Crippen molar-refractivity contribution in [2.45, 2.75) is 0 Å². The van der Waals surface area contributed by atoms with Crippen molar-refractivity contribution in [2.75, 3.05) is 18.6 Å². The van der Waals surface area contributed by atoms with Gasteiger partial charge in [-0.15, -0.1) is 0 Å². The standard InChI is InChI=1S/C4H10NOS/c1-5-3-4-7(2)6/h5H,1,3-4H2,2H3. The molecule has 0 aromatic rings. The molecule has 0 rings (SSSR count). The SMILES string of the molecule is [CH2]NCC[S+](C)[O-]. The lowest BCUT2D eigenvalue weighted by molar-refractivity contribution is 0.599. The Hall–Kier alpha value is 0.270. The highest BCUT2D eigenvalue weighted by atomic mass is 32.2. The largest absolute Gasteiger partial charge is 0.617 e. The number of hydrogen-bond acceptors (Lipinski definition) is 2. The summed E-state index contributed by atoms with van der Waals surface area (Å²) in [5, 5.41) is 2.66. The van der Waals surface area contributed by atoms with Gasteiger partial charge in [0.25, 0.3) is 0 Å². The van der Waals surface area contributed by atoms with Crippen molar-refractivity contribution in [1.82, 2.24) is 5.32 Å². The third kappa shape index (κ3) is 6.27. The molecule has 7 heavy (non-hydrogen) atoms. The summed E-state index contributed by atoms with van der Waals surface area (Å²) in [5.74, 6) is 0.698. The Morgan fingerprint density at radius 1 is 1.86 bits per heavy atom. The van der Waals surface area contributed by atoms with Crippen LogP contribution in [-0.4, -0.2) is 23.1 Å². The molecule has 0 aliphatic rings. The summed E-state index contributed by atoms with van der Waals surface area (Å²) in [7, 11) is 3.37. The molecular weight excluding hydrogens is 110 g/mol. The molecule has 0 amide bonds. The number of nitrogens with one attached hydrogen (secondary N) is 1. The summed E-state index contributed by atoms with van der Waals surface area (Å²) in [5.41, 5.74) is 0. The van der Waals surface area contributed by atoms with Gasteiger partial charge in [-0.25, -0.2) is 0 Å². The topological polar surface area (TPSA) is 35.1 Å². The van der Waals surface area contributed by atoms with Crippen LogP contribution in [0, 0.1) is 7.05 Å². The van der Waals surface area contributed by atoms with Crippen molar-refractivity contribution in [2.24, 2.45) is 0 Å². The molecule has 0 aromatic heterocycles. The molecule has 2 nitrogen and oxygen atoms in total. The van der Waals surface area contributed by atoms with Gasteiger partial charge in [0.2, 0.25) is 0 Å². The zero-order valence-corrected chi connectivity index (χ0v) is 5.25. The van der Waals surface area contributed by atoms with E-state index in [4.69, 9.17) is 0 Å². The fourth-order valence-corrected chi connectivity index (χ4v) is 0.648. The monoisotopic (exact) mass is 120 g/mol. The van der Waals surface area contributed by atoms with Crippen molar-refractivity contribution in [1.29, 1.82) is 0 Å². The van der Waals surface area contributed by atoms with Crippen LogP contribution in [0.3, 0.4) is 0 Å². The summed E-state index contributed by atoms with van der Waals surface area (Å²) in [6, 6.07) is 0. The second-order valence-corrected chi connectivity index (χ2v) is 2.83. The zero-order valence-electron chi connectivity index (χ0n) is 4.44. The van der Waals surface area contributed by atoms with Crippen LogP contribution in [0.2, 0.25) is 0 Å². The Labute approximate surface area is 47.5 Å². The van der Waals surface area contributed by atoms with Gasteiger partial charge in [-0.3, -0.25) is 0 Å². The van der Waals surface area contributed by atoms with E-state index in [2.05, 4.69) is 12.4 Å². The van der Waals surface area contributed by atoms with E-state index < -0.39 is 11.2 Å². The highest BCUT2D eigenvalue weighted by Gasteiger charge is 1.90. The van der Waals surface area contributed by atoms with E-state index in [0.717, 1.165) is 6.54 Å². The number of hydrogen-bond donors (Lipinski definition) is 1. The molecule has 0 heterocycles. The second kappa shape index (κ2) is 4.43. The van der Waals surface area contributed by atoms with E-state index in [1.807, 2.05) is 0 Å². The first kappa shape index (κ1) is 7.27. The Bertz CT molecular complexity index is 40.7. The van der Waals surface area contributed by atoms with E-state index in [1.165, 1.54) is 0 Å². The molecule has 3 heteroatoms. The van der Waals surface area contributed by atoms with Crippen LogP contribution in [0.25, 0.3) is 0 Å². The van der Waals surface area contributed by atoms with Gasteiger partial charge in [-0.1, -0.05) is 11.2 Å². The van der Waals surface area contributed by atoms with Crippen LogP contribution in [0.1, 0.15) is 0 Å². The minimum absolute atomic E-state index is 0.668. The summed E-state index contributed by atoms with van der Waals surface area (Å²) < 4.78 is 10.2. The van der Waals surface area contributed by atoms with Crippen LogP contribution in [0.5, 0.6) is 0 Å². The zero-order chi connectivity index (χ0) is 5.70. The quantitative estimate of drug-likeness (QED) is 0.521. The van der Waals surface area contributed by atoms with Gasteiger partial charge in [0.1, 0.15) is 5.75 Å². The highest BCUT2D eigenvalue weighted by molar-refractivity contribution is 7.90. The smallest absolute Gasteiger partial charge is 0.117 e. The van der Waals surface area contributed by atoms with E-state index in [9.17, 15) is 4.55 Å². The molecule has 0 saturated heterocycles. The maximum absolute atomic E-state index is 10.2. The van der Waals surface area contributed by atoms with Crippen molar-refractivity contribution < 1.29 is 4.55 Å². The fourth-order valence-electron chi connectivity index (χ4n) is 0.216. The molecule has 0 fully saturated rings. The molecule has 0 spiro atoms. The Morgan fingerprint density at radius 2 is 2.43 bits per heavy atom. The molecular formula is C4H10NOS. The van der Waals surface area contributed by atoms with Gasteiger partial charge in [0.05, 0.1) is 6.26 Å². The van der Waals surface area contributed by atoms with Crippen LogP contribution < -0.4 is 5.32 Å². The maximum Gasteiger partial charge on any atom is 0.117 e. The van der Waals surface area contributed by atoms with Gasteiger partial charge >= 0.3 is 0 Å². The van der Waals surface area contributed by atoms with E-state index in [0.29, 0.717) is 5.75 Å². The highest BCUT2D eigenvalue weighted by Crippen LogP contribution is 1.77. The van der Waals surface area contributed by atoms with Crippen molar-refractivity contribution in [3.8, 4) is 0 Å². The van der Waals surface area contributed by atoms with Gasteiger partial charge in [0, 0.05) is 13.6 Å². The van der Waals surface area contributed by atoms with Crippen LogP contribution in [0.4, 0.5) is 0 Å². The summed E-state index contributed by atoms with van der Waals surface area (Å²) in [6.07, 6.45) is 1.68. The fraction of sp³-hybridized carbons (Fsp3) is 0.750. The van der Waals surface area contributed by atoms with Crippen molar-refractivity contribution >= 4 is 11.2 Å². The van der Waals surface area contributed by atoms with Gasteiger partial charge < -0.3 is 9.87 Å². The molecule has 1 unspecified atom stereocenters. The first-order chi connectivity index (χ1) is 3.27. The lowest BCUT2D eigenvalue weighted by atomic mass is 10.8. The first-order valence-electron chi connectivity index (χ1n) is 2.07.